The second-order valence-corrected chi connectivity index (χ2v) is 5.11. The minimum absolute atomic E-state index is 0.0747. The van der Waals surface area contributed by atoms with Gasteiger partial charge in [-0.15, -0.1) is 11.6 Å². The number of hydrogen-bond acceptors (Lipinski definition) is 3. The van der Waals surface area contributed by atoms with Crippen LogP contribution in [0.1, 0.15) is 16.8 Å². The highest BCUT2D eigenvalue weighted by Gasteiger charge is 2.13. The molecule has 0 aliphatic carbocycles. The van der Waals surface area contributed by atoms with Crippen LogP contribution in [0, 0.1) is 0 Å². The maximum atomic E-state index is 6.32. The van der Waals surface area contributed by atoms with Crippen molar-refractivity contribution >= 4 is 34.0 Å². The maximum Gasteiger partial charge on any atom is 0.197 e. The Kier molecular flexibility index (Phi) is 2.87. The lowest BCUT2D eigenvalue weighted by atomic mass is 10.2. The van der Waals surface area contributed by atoms with Crippen LogP contribution >= 0.6 is 22.9 Å². The summed E-state index contributed by atoms with van der Waals surface area (Å²) in [4.78, 5) is 4.41. The number of aromatic nitrogens is 1. The van der Waals surface area contributed by atoms with Crippen molar-refractivity contribution in [2.75, 3.05) is 0 Å². The lowest BCUT2D eigenvalue weighted by Gasteiger charge is -2.03. The zero-order valence-electron chi connectivity index (χ0n) is 8.97. The van der Waals surface area contributed by atoms with Crippen LogP contribution in [0.25, 0.3) is 11.1 Å². The average molecular weight is 264 g/mol. The fourth-order valence-corrected chi connectivity index (χ4v) is 2.79. The van der Waals surface area contributed by atoms with E-state index in [4.69, 9.17) is 16.0 Å². The van der Waals surface area contributed by atoms with Gasteiger partial charge in [0.05, 0.1) is 5.38 Å². The molecule has 0 spiro atoms. The van der Waals surface area contributed by atoms with Crippen LogP contribution in [0.5, 0.6) is 0 Å². The van der Waals surface area contributed by atoms with E-state index < -0.39 is 0 Å². The summed E-state index contributed by atoms with van der Waals surface area (Å²) in [6.07, 6.45) is 0.618. The Morgan fingerprint density at radius 3 is 2.94 bits per heavy atom. The van der Waals surface area contributed by atoms with Crippen molar-refractivity contribution in [3.8, 4) is 0 Å². The van der Waals surface area contributed by atoms with Gasteiger partial charge in [0.15, 0.2) is 11.5 Å². The molecule has 2 heterocycles. The van der Waals surface area contributed by atoms with Gasteiger partial charge < -0.3 is 4.42 Å². The zero-order valence-corrected chi connectivity index (χ0v) is 10.5. The fraction of sp³-hybridized carbons (Fsp3) is 0.154. The molecule has 4 heteroatoms. The third kappa shape index (κ3) is 2.21. The average Bonchev–Trinajstić information content (AvgIpc) is 2.97. The Bertz CT molecular complexity index is 584. The number of benzene rings is 1. The Hall–Kier alpha value is -1.32. The quantitative estimate of drug-likeness (QED) is 0.654. The van der Waals surface area contributed by atoms with Crippen molar-refractivity contribution in [3.05, 3.63) is 52.5 Å². The highest BCUT2D eigenvalue weighted by molar-refractivity contribution is 7.08. The second kappa shape index (κ2) is 4.51. The molecule has 0 N–H and O–H groups in total. The SMILES string of the molecule is ClC(Cc1nc2ccccc2o1)c1ccsc1. The highest BCUT2D eigenvalue weighted by Crippen LogP contribution is 2.27. The van der Waals surface area contributed by atoms with Gasteiger partial charge in [0.2, 0.25) is 0 Å². The van der Waals surface area contributed by atoms with Crippen molar-refractivity contribution in [1.29, 1.82) is 0 Å². The number of halogens is 1. The molecule has 0 fully saturated rings. The van der Waals surface area contributed by atoms with Crippen LogP contribution in [0.15, 0.2) is 45.5 Å². The number of rotatable bonds is 3. The predicted octanol–water partition coefficient (Wildman–Crippen LogP) is 4.41. The molecule has 1 unspecified atom stereocenters. The molecule has 0 aliphatic heterocycles. The van der Waals surface area contributed by atoms with Crippen LogP contribution < -0.4 is 0 Å². The Labute approximate surface area is 108 Å². The molecule has 3 rings (SSSR count). The molecule has 2 nitrogen and oxygen atoms in total. The Morgan fingerprint density at radius 1 is 1.29 bits per heavy atom. The van der Waals surface area contributed by atoms with E-state index in [1.807, 2.05) is 35.7 Å². The van der Waals surface area contributed by atoms with E-state index in [9.17, 15) is 0 Å². The van der Waals surface area contributed by atoms with E-state index in [2.05, 4.69) is 10.4 Å². The van der Waals surface area contributed by atoms with Crippen LogP contribution in [-0.4, -0.2) is 4.98 Å². The fourth-order valence-electron chi connectivity index (χ4n) is 1.73. The van der Waals surface area contributed by atoms with Gasteiger partial charge in [-0.3, -0.25) is 0 Å². The molecule has 0 amide bonds. The molecule has 0 bridgehead atoms. The number of nitrogens with zero attached hydrogens (tertiary/aromatic N) is 1. The van der Waals surface area contributed by atoms with E-state index >= 15 is 0 Å². The minimum Gasteiger partial charge on any atom is -0.441 e. The molecule has 0 radical (unpaired) electrons. The first kappa shape index (κ1) is 10.8. The van der Waals surface area contributed by atoms with Crippen molar-refractivity contribution in [3.63, 3.8) is 0 Å². The Balaban J connectivity index is 1.85. The lowest BCUT2D eigenvalue weighted by molar-refractivity contribution is 0.525. The van der Waals surface area contributed by atoms with Gasteiger partial charge in [0.25, 0.3) is 0 Å². The van der Waals surface area contributed by atoms with Gasteiger partial charge in [-0.05, 0) is 34.5 Å². The highest BCUT2D eigenvalue weighted by atomic mass is 35.5. The number of hydrogen-bond donors (Lipinski definition) is 0. The molecule has 1 atom stereocenters. The zero-order chi connectivity index (χ0) is 11.7. The van der Waals surface area contributed by atoms with Gasteiger partial charge in [-0.1, -0.05) is 12.1 Å². The number of fused-ring (bicyclic) bond motifs is 1. The minimum atomic E-state index is -0.0747. The summed E-state index contributed by atoms with van der Waals surface area (Å²) in [6.45, 7) is 0. The third-order valence-electron chi connectivity index (χ3n) is 2.60. The van der Waals surface area contributed by atoms with Crippen molar-refractivity contribution in [2.24, 2.45) is 0 Å². The van der Waals surface area contributed by atoms with Crippen LogP contribution in [0.2, 0.25) is 0 Å². The summed E-state index contributed by atoms with van der Waals surface area (Å²) >= 11 is 7.96. The molecule has 3 aromatic rings. The second-order valence-electron chi connectivity index (χ2n) is 3.80. The summed E-state index contributed by atoms with van der Waals surface area (Å²) < 4.78 is 5.64. The van der Waals surface area contributed by atoms with E-state index in [1.54, 1.807) is 11.3 Å². The molecule has 0 saturated heterocycles. The van der Waals surface area contributed by atoms with Crippen LogP contribution in [-0.2, 0) is 6.42 Å². The molecular weight excluding hydrogens is 254 g/mol. The summed E-state index contributed by atoms with van der Waals surface area (Å²) in [7, 11) is 0. The summed E-state index contributed by atoms with van der Waals surface area (Å²) in [5, 5.41) is 4.01. The molecule has 17 heavy (non-hydrogen) atoms. The number of thiophene rings is 1. The van der Waals surface area contributed by atoms with E-state index in [-0.39, 0.29) is 5.38 Å². The normalized spacial score (nSPS) is 13.0. The van der Waals surface area contributed by atoms with Gasteiger partial charge in [0, 0.05) is 6.42 Å². The smallest absolute Gasteiger partial charge is 0.197 e. The first-order valence-electron chi connectivity index (χ1n) is 5.33. The number of para-hydroxylation sites is 2. The van der Waals surface area contributed by atoms with E-state index in [1.165, 1.54) is 0 Å². The van der Waals surface area contributed by atoms with Gasteiger partial charge in [-0.25, -0.2) is 4.98 Å². The van der Waals surface area contributed by atoms with Gasteiger partial charge in [0.1, 0.15) is 5.52 Å². The van der Waals surface area contributed by atoms with E-state index in [0.29, 0.717) is 12.3 Å². The first-order chi connectivity index (χ1) is 8.33. The maximum absolute atomic E-state index is 6.32. The van der Waals surface area contributed by atoms with Crippen molar-refractivity contribution in [2.45, 2.75) is 11.8 Å². The number of oxazole rings is 1. The van der Waals surface area contributed by atoms with E-state index in [0.717, 1.165) is 16.7 Å². The third-order valence-corrected chi connectivity index (χ3v) is 3.70. The largest absolute Gasteiger partial charge is 0.441 e. The standard InChI is InChI=1S/C13H10ClNOS/c14-10(9-5-6-17-8-9)7-13-15-11-3-1-2-4-12(11)16-13/h1-6,8,10H,7H2. The molecule has 2 aromatic heterocycles. The molecule has 86 valence electrons. The van der Waals surface area contributed by atoms with Crippen molar-refractivity contribution < 1.29 is 4.42 Å². The summed E-state index contributed by atoms with van der Waals surface area (Å²) in [6, 6.07) is 9.78. The topological polar surface area (TPSA) is 26.0 Å². The van der Waals surface area contributed by atoms with Crippen LogP contribution in [0.3, 0.4) is 0 Å². The Morgan fingerprint density at radius 2 is 2.18 bits per heavy atom. The summed E-state index contributed by atoms with van der Waals surface area (Å²) in [5.74, 6) is 0.692. The summed E-state index contributed by atoms with van der Waals surface area (Å²) in [5.41, 5.74) is 2.83. The van der Waals surface area contributed by atoms with Gasteiger partial charge >= 0.3 is 0 Å². The first-order valence-corrected chi connectivity index (χ1v) is 6.71. The molecular formula is C13H10ClNOS. The number of alkyl halides is 1. The van der Waals surface area contributed by atoms with Crippen LogP contribution in [0.4, 0.5) is 0 Å². The molecule has 0 saturated carbocycles. The lowest BCUT2D eigenvalue weighted by Crippen LogP contribution is -1.94. The van der Waals surface area contributed by atoms with Crippen molar-refractivity contribution in [1.82, 2.24) is 4.98 Å². The molecule has 1 aromatic carbocycles. The predicted molar refractivity (Wildman–Crippen MR) is 70.6 cm³/mol. The molecule has 0 aliphatic rings. The van der Waals surface area contributed by atoms with Gasteiger partial charge in [-0.2, -0.15) is 11.3 Å². The monoisotopic (exact) mass is 263 g/mol.